The van der Waals surface area contributed by atoms with Gasteiger partial charge >= 0.3 is 0 Å². The molecular weight excluding hydrogens is 390 g/mol. The van der Waals surface area contributed by atoms with E-state index in [2.05, 4.69) is 5.32 Å². The minimum atomic E-state index is -0.438. The highest BCUT2D eigenvalue weighted by Gasteiger charge is 2.28. The lowest BCUT2D eigenvalue weighted by Crippen LogP contribution is -2.46. The first-order valence-electron chi connectivity index (χ1n) is 10.7. The van der Waals surface area contributed by atoms with Crippen molar-refractivity contribution in [1.82, 2.24) is 10.2 Å². The number of piperidine rings is 1. The first-order valence-corrected chi connectivity index (χ1v) is 10.7. The van der Waals surface area contributed by atoms with Crippen molar-refractivity contribution in [1.29, 1.82) is 0 Å². The van der Waals surface area contributed by atoms with Crippen LogP contribution in [0.15, 0.2) is 66.7 Å². The lowest BCUT2D eigenvalue weighted by molar-refractivity contribution is -0.132. The fraction of sp³-hybridized carbons (Fsp3) is 0.320. The van der Waals surface area contributed by atoms with Gasteiger partial charge in [-0.15, -0.1) is 0 Å². The summed E-state index contributed by atoms with van der Waals surface area (Å²) in [7, 11) is 0. The lowest BCUT2D eigenvalue weighted by Gasteiger charge is -2.31. The summed E-state index contributed by atoms with van der Waals surface area (Å²) >= 11 is 0. The topological polar surface area (TPSA) is 92.5 Å². The molecule has 0 saturated carbocycles. The third kappa shape index (κ3) is 7.10. The van der Waals surface area contributed by atoms with Crippen LogP contribution in [0.25, 0.3) is 6.08 Å². The van der Waals surface area contributed by atoms with Gasteiger partial charge in [0, 0.05) is 37.5 Å². The number of carbonyl (C=O) groups is 3. The molecule has 1 aliphatic heterocycles. The molecule has 162 valence electrons. The van der Waals surface area contributed by atoms with Crippen LogP contribution in [0, 0.1) is 5.92 Å². The van der Waals surface area contributed by atoms with Crippen molar-refractivity contribution in [3.05, 3.63) is 77.9 Å². The largest absolute Gasteiger partial charge is 0.370 e. The number of rotatable bonds is 8. The van der Waals surface area contributed by atoms with E-state index in [4.69, 9.17) is 5.73 Å². The van der Waals surface area contributed by atoms with Crippen molar-refractivity contribution >= 4 is 23.8 Å². The minimum Gasteiger partial charge on any atom is -0.370 e. The molecule has 31 heavy (non-hydrogen) atoms. The van der Waals surface area contributed by atoms with Crippen LogP contribution in [0.5, 0.6) is 0 Å². The molecular formula is C25H29N3O3. The molecule has 1 unspecified atom stereocenters. The summed E-state index contributed by atoms with van der Waals surface area (Å²) < 4.78 is 0. The fourth-order valence-corrected chi connectivity index (χ4v) is 3.83. The summed E-state index contributed by atoms with van der Waals surface area (Å²) in [6.07, 6.45) is 5.24. The van der Waals surface area contributed by atoms with Gasteiger partial charge < -0.3 is 16.0 Å². The fourth-order valence-electron chi connectivity index (χ4n) is 3.83. The quantitative estimate of drug-likeness (QED) is 0.644. The summed E-state index contributed by atoms with van der Waals surface area (Å²) in [6.45, 7) is 1.07. The van der Waals surface area contributed by atoms with E-state index in [1.807, 2.05) is 60.7 Å². The maximum atomic E-state index is 12.8. The summed E-state index contributed by atoms with van der Waals surface area (Å²) in [6, 6.07) is 19.1. The van der Waals surface area contributed by atoms with Gasteiger partial charge in [-0.1, -0.05) is 60.7 Å². The Bertz CT molecular complexity index is 904. The zero-order chi connectivity index (χ0) is 22.1. The SMILES string of the molecule is NC(=O)CC(Cc1ccccc1)NC(=O)C1CCN(C(=O)/C=C/c2ccccc2)CC1. The second kappa shape index (κ2) is 11.1. The molecule has 6 nitrogen and oxygen atoms in total. The molecule has 1 fully saturated rings. The first-order chi connectivity index (χ1) is 15.0. The van der Waals surface area contributed by atoms with Crippen molar-refractivity contribution in [2.75, 3.05) is 13.1 Å². The molecule has 3 rings (SSSR count). The second-order valence-corrected chi connectivity index (χ2v) is 7.91. The van der Waals surface area contributed by atoms with Crippen LogP contribution in [0.2, 0.25) is 0 Å². The van der Waals surface area contributed by atoms with E-state index in [1.54, 1.807) is 17.1 Å². The first kappa shape index (κ1) is 22.3. The molecule has 2 aromatic carbocycles. The van der Waals surface area contributed by atoms with Crippen LogP contribution in [0.4, 0.5) is 0 Å². The third-order valence-electron chi connectivity index (χ3n) is 5.51. The van der Waals surface area contributed by atoms with Gasteiger partial charge in [-0.05, 0) is 36.5 Å². The average Bonchev–Trinajstić information content (AvgIpc) is 2.78. The van der Waals surface area contributed by atoms with Crippen LogP contribution < -0.4 is 11.1 Å². The maximum absolute atomic E-state index is 12.8. The molecule has 1 atom stereocenters. The predicted octanol–water partition coefficient (Wildman–Crippen LogP) is 2.54. The van der Waals surface area contributed by atoms with Crippen molar-refractivity contribution < 1.29 is 14.4 Å². The standard InChI is InChI=1S/C25H29N3O3/c26-23(29)18-22(17-20-9-5-2-6-10-20)27-25(31)21-13-15-28(16-14-21)24(30)12-11-19-7-3-1-4-8-19/h1-12,21-22H,13-18H2,(H2,26,29)(H,27,31)/b12-11+. The van der Waals surface area contributed by atoms with Gasteiger partial charge in [-0.25, -0.2) is 0 Å². The molecule has 3 amide bonds. The number of amides is 3. The van der Waals surface area contributed by atoms with Gasteiger partial charge in [0.2, 0.25) is 17.7 Å². The van der Waals surface area contributed by atoms with Crippen molar-refractivity contribution in [2.45, 2.75) is 31.7 Å². The molecule has 0 bridgehead atoms. The van der Waals surface area contributed by atoms with E-state index in [0.717, 1.165) is 11.1 Å². The Morgan fingerprint density at radius 2 is 1.61 bits per heavy atom. The number of primary amides is 1. The zero-order valence-corrected chi connectivity index (χ0v) is 17.6. The van der Waals surface area contributed by atoms with Crippen molar-refractivity contribution in [2.24, 2.45) is 11.7 Å². The van der Waals surface area contributed by atoms with Crippen LogP contribution in [-0.2, 0) is 20.8 Å². The molecule has 0 aliphatic carbocycles. The van der Waals surface area contributed by atoms with E-state index < -0.39 is 5.91 Å². The molecule has 2 aromatic rings. The molecule has 0 aromatic heterocycles. The van der Waals surface area contributed by atoms with E-state index in [9.17, 15) is 14.4 Å². The number of nitrogens with one attached hydrogen (secondary N) is 1. The summed E-state index contributed by atoms with van der Waals surface area (Å²) in [5, 5.41) is 3.00. The highest BCUT2D eigenvalue weighted by atomic mass is 16.2. The van der Waals surface area contributed by atoms with Crippen LogP contribution in [-0.4, -0.2) is 41.8 Å². The van der Waals surface area contributed by atoms with Crippen LogP contribution in [0.3, 0.4) is 0 Å². The maximum Gasteiger partial charge on any atom is 0.246 e. The van der Waals surface area contributed by atoms with Crippen molar-refractivity contribution in [3.8, 4) is 0 Å². The molecule has 6 heteroatoms. The monoisotopic (exact) mass is 419 g/mol. The van der Waals surface area contributed by atoms with Crippen LogP contribution >= 0.6 is 0 Å². The summed E-state index contributed by atoms with van der Waals surface area (Å²) in [4.78, 5) is 38.5. The Morgan fingerprint density at radius 3 is 2.23 bits per heavy atom. The third-order valence-corrected chi connectivity index (χ3v) is 5.51. The average molecular weight is 420 g/mol. The smallest absolute Gasteiger partial charge is 0.246 e. The normalized spacial score (nSPS) is 15.5. The Labute approximate surface area is 183 Å². The Balaban J connectivity index is 1.50. The van der Waals surface area contributed by atoms with Gasteiger partial charge in [0.05, 0.1) is 0 Å². The number of hydrogen-bond donors (Lipinski definition) is 2. The van der Waals surface area contributed by atoms with Gasteiger partial charge in [0.1, 0.15) is 0 Å². The summed E-state index contributed by atoms with van der Waals surface area (Å²) in [5.74, 6) is -0.729. The Morgan fingerprint density at radius 1 is 1.00 bits per heavy atom. The van der Waals surface area contributed by atoms with Gasteiger partial charge in [-0.2, -0.15) is 0 Å². The Kier molecular flexibility index (Phi) is 7.98. The molecule has 0 spiro atoms. The molecule has 0 radical (unpaired) electrons. The zero-order valence-electron chi connectivity index (χ0n) is 17.6. The minimum absolute atomic E-state index is 0.0432. The predicted molar refractivity (Wildman–Crippen MR) is 121 cm³/mol. The van der Waals surface area contributed by atoms with E-state index in [1.165, 1.54) is 0 Å². The van der Waals surface area contributed by atoms with Crippen LogP contribution in [0.1, 0.15) is 30.4 Å². The number of benzene rings is 2. The number of carbonyl (C=O) groups excluding carboxylic acids is 3. The number of hydrogen-bond acceptors (Lipinski definition) is 3. The number of nitrogens with zero attached hydrogens (tertiary/aromatic N) is 1. The Hall–Kier alpha value is -3.41. The van der Waals surface area contributed by atoms with E-state index >= 15 is 0 Å². The second-order valence-electron chi connectivity index (χ2n) is 7.91. The number of nitrogens with two attached hydrogens (primary N) is 1. The molecule has 3 N–H and O–H groups in total. The van der Waals surface area contributed by atoms with Gasteiger partial charge in [0.15, 0.2) is 0 Å². The molecule has 1 heterocycles. The molecule has 1 saturated heterocycles. The highest BCUT2D eigenvalue weighted by Crippen LogP contribution is 2.19. The van der Waals surface area contributed by atoms with Crippen molar-refractivity contribution in [3.63, 3.8) is 0 Å². The summed E-state index contributed by atoms with van der Waals surface area (Å²) in [5.41, 5.74) is 7.40. The lowest BCUT2D eigenvalue weighted by atomic mass is 9.94. The van der Waals surface area contributed by atoms with E-state index in [0.29, 0.717) is 32.4 Å². The van der Waals surface area contributed by atoms with Gasteiger partial charge in [0.25, 0.3) is 0 Å². The highest BCUT2D eigenvalue weighted by molar-refractivity contribution is 5.92. The van der Waals surface area contributed by atoms with E-state index in [-0.39, 0.29) is 30.2 Å². The molecule has 1 aliphatic rings. The number of likely N-dealkylation sites (tertiary alicyclic amines) is 1. The van der Waals surface area contributed by atoms with Gasteiger partial charge in [-0.3, -0.25) is 14.4 Å².